The molecule has 0 heterocycles. The number of esters is 1. The monoisotopic (exact) mass is 339 g/mol. The first-order valence-electron chi connectivity index (χ1n) is 7.08. The molecule has 9 heteroatoms. The van der Waals surface area contributed by atoms with Crippen molar-refractivity contribution in [3.8, 4) is 0 Å². The fourth-order valence-corrected chi connectivity index (χ4v) is 1.84. The molecule has 0 radical (unpaired) electrons. The molecule has 0 rings (SSSR count). The van der Waals surface area contributed by atoms with E-state index in [2.05, 4.69) is 5.32 Å². The van der Waals surface area contributed by atoms with Gasteiger partial charge >= 0.3 is 12.1 Å². The molecule has 0 aliphatic carbocycles. The minimum absolute atomic E-state index is 0.0403. The van der Waals surface area contributed by atoms with Crippen molar-refractivity contribution in [3.05, 3.63) is 0 Å². The number of aliphatic hydroxyl groups is 1. The average molecular weight is 339 g/mol. The van der Waals surface area contributed by atoms with Gasteiger partial charge in [-0.15, -0.1) is 0 Å². The number of rotatable bonds is 8. The van der Waals surface area contributed by atoms with Crippen LogP contribution in [0.25, 0.3) is 0 Å². The van der Waals surface area contributed by atoms with Gasteiger partial charge in [0.05, 0.1) is 5.92 Å². The van der Waals surface area contributed by atoms with E-state index in [4.69, 9.17) is 14.4 Å². The van der Waals surface area contributed by atoms with Crippen LogP contribution in [0.4, 0.5) is 4.79 Å². The topological polar surface area (TPSA) is 122 Å². The number of carbonyl (C=O) groups excluding carboxylic acids is 2. The Hall–Kier alpha value is -1.11. The largest absolute Gasteiger partial charge is 0.425 e. The Kier molecular flexibility index (Phi) is 8.66. The maximum absolute atomic E-state index is 11.6. The Morgan fingerprint density at radius 1 is 1.18 bits per heavy atom. The van der Waals surface area contributed by atoms with Crippen LogP contribution >= 0.6 is 7.37 Å². The molecule has 3 N–H and O–H groups in total. The van der Waals surface area contributed by atoms with Crippen molar-refractivity contribution in [1.29, 1.82) is 0 Å². The first-order valence-corrected chi connectivity index (χ1v) is 9.25. The standard InChI is InChI=1S/C13H26NO7P/c1-8(2)11(16)20-12(9(3)4)21-13(17)14-7-6-10(15)22(5,18)19/h8-10,12,15H,6-7H2,1-5H3,(H,14,17)(H,18,19). The number of carbonyl (C=O) groups is 2. The van der Waals surface area contributed by atoms with Gasteiger partial charge in [-0.05, 0) is 0 Å². The molecule has 0 aromatic carbocycles. The van der Waals surface area contributed by atoms with Crippen LogP contribution in [0.5, 0.6) is 0 Å². The lowest BCUT2D eigenvalue weighted by Crippen LogP contribution is -2.36. The fraction of sp³-hybridized carbons (Fsp3) is 0.846. The summed E-state index contributed by atoms with van der Waals surface area (Å²) in [4.78, 5) is 32.3. The summed E-state index contributed by atoms with van der Waals surface area (Å²) in [6.45, 7) is 7.79. The van der Waals surface area contributed by atoms with Gasteiger partial charge < -0.3 is 24.8 Å². The van der Waals surface area contributed by atoms with E-state index >= 15 is 0 Å². The van der Waals surface area contributed by atoms with Crippen LogP contribution in [0.2, 0.25) is 0 Å². The number of hydrogen-bond donors (Lipinski definition) is 3. The van der Waals surface area contributed by atoms with E-state index in [1.165, 1.54) is 0 Å². The molecule has 0 aromatic heterocycles. The highest BCUT2D eigenvalue weighted by Gasteiger charge is 2.25. The molecule has 0 bridgehead atoms. The van der Waals surface area contributed by atoms with Crippen LogP contribution in [0.1, 0.15) is 34.1 Å². The normalized spacial score (nSPS) is 16.8. The third-order valence-corrected chi connectivity index (χ3v) is 4.06. The molecule has 0 fully saturated rings. The van der Waals surface area contributed by atoms with Gasteiger partial charge in [0.15, 0.2) is 0 Å². The van der Waals surface area contributed by atoms with Crippen molar-refractivity contribution in [1.82, 2.24) is 5.32 Å². The van der Waals surface area contributed by atoms with Crippen molar-refractivity contribution in [2.24, 2.45) is 11.8 Å². The summed E-state index contributed by atoms with van der Waals surface area (Å²) in [6, 6.07) is 0. The summed E-state index contributed by atoms with van der Waals surface area (Å²) < 4.78 is 21.2. The number of amides is 1. The fourth-order valence-electron chi connectivity index (χ4n) is 1.24. The van der Waals surface area contributed by atoms with Crippen LogP contribution in [0, 0.1) is 11.8 Å². The van der Waals surface area contributed by atoms with Crippen LogP contribution in [-0.2, 0) is 18.8 Å². The van der Waals surface area contributed by atoms with Crippen molar-refractivity contribution in [2.45, 2.75) is 46.3 Å². The molecule has 130 valence electrons. The van der Waals surface area contributed by atoms with Gasteiger partial charge in [0.2, 0.25) is 7.37 Å². The molecule has 0 aliphatic rings. The lowest BCUT2D eigenvalue weighted by atomic mass is 10.2. The molecule has 22 heavy (non-hydrogen) atoms. The van der Waals surface area contributed by atoms with Crippen LogP contribution < -0.4 is 5.32 Å². The van der Waals surface area contributed by atoms with Gasteiger partial charge in [-0.25, -0.2) is 4.79 Å². The summed E-state index contributed by atoms with van der Waals surface area (Å²) in [5, 5.41) is 11.7. The van der Waals surface area contributed by atoms with Gasteiger partial charge in [0, 0.05) is 25.5 Å². The van der Waals surface area contributed by atoms with E-state index in [0.29, 0.717) is 0 Å². The first-order chi connectivity index (χ1) is 9.95. The average Bonchev–Trinajstić information content (AvgIpc) is 2.36. The number of alkyl carbamates (subject to hydrolysis) is 1. The van der Waals surface area contributed by atoms with E-state index in [0.717, 1.165) is 6.66 Å². The zero-order valence-electron chi connectivity index (χ0n) is 13.6. The predicted octanol–water partition coefficient (Wildman–Crippen LogP) is 1.50. The minimum atomic E-state index is -3.60. The molecule has 0 aliphatic heterocycles. The summed E-state index contributed by atoms with van der Waals surface area (Å²) in [7, 11) is -3.60. The van der Waals surface area contributed by atoms with Gasteiger partial charge in [-0.2, -0.15) is 0 Å². The van der Waals surface area contributed by atoms with E-state index < -0.39 is 31.6 Å². The molecule has 3 atom stereocenters. The van der Waals surface area contributed by atoms with Crippen molar-refractivity contribution < 1.29 is 33.6 Å². The lowest BCUT2D eigenvalue weighted by Gasteiger charge is -2.22. The molecule has 8 nitrogen and oxygen atoms in total. The Labute approximate surface area is 130 Å². The third-order valence-electron chi connectivity index (χ3n) is 2.70. The second kappa shape index (κ2) is 9.12. The third kappa shape index (κ3) is 8.36. The highest BCUT2D eigenvalue weighted by molar-refractivity contribution is 7.57. The van der Waals surface area contributed by atoms with Gasteiger partial charge in [0.1, 0.15) is 5.85 Å². The Morgan fingerprint density at radius 2 is 1.73 bits per heavy atom. The quantitative estimate of drug-likeness (QED) is 0.348. The second-order valence-corrected chi connectivity index (χ2v) is 8.23. The van der Waals surface area contributed by atoms with Crippen molar-refractivity contribution in [2.75, 3.05) is 13.2 Å². The minimum Gasteiger partial charge on any atom is -0.425 e. The highest BCUT2D eigenvalue weighted by atomic mass is 31.2. The van der Waals surface area contributed by atoms with E-state index in [9.17, 15) is 19.3 Å². The summed E-state index contributed by atoms with van der Waals surface area (Å²) in [6.07, 6.45) is -1.93. The summed E-state index contributed by atoms with van der Waals surface area (Å²) in [5.41, 5.74) is 0. The molecule has 0 saturated carbocycles. The molecule has 3 unspecified atom stereocenters. The number of aliphatic hydroxyl groups excluding tert-OH is 1. The zero-order chi connectivity index (χ0) is 17.5. The van der Waals surface area contributed by atoms with E-state index in [-0.39, 0.29) is 24.8 Å². The highest BCUT2D eigenvalue weighted by Crippen LogP contribution is 2.41. The van der Waals surface area contributed by atoms with E-state index in [1.54, 1.807) is 27.7 Å². The SMILES string of the molecule is CC(C)C(=O)OC(OC(=O)NCCC(O)P(C)(=O)O)C(C)C. The Bertz CT molecular complexity index is 419. The number of hydrogen-bond acceptors (Lipinski definition) is 6. The molecular formula is C13H26NO7P. The van der Waals surface area contributed by atoms with Gasteiger partial charge in [-0.1, -0.05) is 27.7 Å². The first kappa shape index (κ1) is 20.9. The smallest absolute Gasteiger partial charge is 0.410 e. The zero-order valence-corrected chi connectivity index (χ0v) is 14.5. The van der Waals surface area contributed by atoms with Crippen molar-refractivity contribution >= 4 is 19.4 Å². The van der Waals surface area contributed by atoms with Crippen LogP contribution in [0.3, 0.4) is 0 Å². The maximum Gasteiger partial charge on any atom is 0.410 e. The Morgan fingerprint density at radius 3 is 2.14 bits per heavy atom. The molecular weight excluding hydrogens is 313 g/mol. The number of nitrogens with one attached hydrogen (secondary N) is 1. The Balaban J connectivity index is 4.31. The second-order valence-electron chi connectivity index (χ2n) is 5.75. The van der Waals surface area contributed by atoms with Crippen LogP contribution in [0.15, 0.2) is 0 Å². The molecule has 1 amide bonds. The maximum atomic E-state index is 11.6. The van der Waals surface area contributed by atoms with Crippen LogP contribution in [-0.4, -0.2) is 47.4 Å². The lowest BCUT2D eigenvalue weighted by molar-refractivity contribution is -0.178. The van der Waals surface area contributed by atoms with Crippen molar-refractivity contribution in [3.63, 3.8) is 0 Å². The molecule has 0 saturated heterocycles. The molecule has 0 aromatic rings. The van der Waals surface area contributed by atoms with Gasteiger partial charge in [-0.3, -0.25) is 9.36 Å². The molecule has 0 spiro atoms. The van der Waals surface area contributed by atoms with E-state index in [1.807, 2.05) is 0 Å². The summed E-state index contributed by atoms with van der Waals surface area (Å²) in [5.74, 6) is -2.46. The predicted molar refractivity (Wildman–Crippen MR) is 80.4 cm³/mol. The number of ether oxygens (including phenoxy) is 2. The van der Waals surface area contributed by atoms with Gasteiger partial charge in [0.25, 0.3) is 6.29 Å². The summed E-state index contributed by atoms with van der Waals surface area (Å²) >= 11 is 0.